The molecule has 0 aromatic carbocycles. The van der Waals surface area contributed by atoms with E-state index in [2.05, 4.69) is 15.6 Å². The number of ether oxygens (including phenoxy) is 1. The summed E-state index contributed by atoms with van der Waals surface area (Å²) in [7, 11) is 3.70. The number of nitrogens with zero attached hydrogens (tertiary/aromatic N) is 1. The molecular weight excluding hydrogens is 401 g/mol. The van der Waals surface area contributed by atoms with Crippen molar-refractivity contribution in [1.29, 1.82) is 0 Å². The lowest BCUT2D eigenvalue weighted by molar-refractivity contribution is 0.138. The molecule has 0 atom stereocenters. The summed E-state index contributed by atoms with van der Waals surface area (Å²) in [6, 6.07) is 0. The van der Waals surface area contributed by atoms with E-state index >= 15 is 0 Å². The maximum Gasteiger partial charge on any atom is 0.191 e. The van der Waals surface area contributed by atoms with E-state index in [1.54, 1.807) is 0 Å². The zero-order valence-electron chi connectivity index (χ0n) is 14.8. The first kappa shape index (κ1) is 19.3. The van der Waals surface area contributed by atoms with E-state index < -0.39 is 0 Å². The maximum absolute atomic E-state index is 5.32. The van der Waals surface area contributed by atoms with Gasteiger partial charge in [-0.15, -0.1) is 24.0 Å². The van der Waals surface area contributed by atoms with E-state index in [9.17, 15) is 0 Å². The third-order valence-corrected chi connectivity index (χ3v) is 6.30. The van der Waals surface area contributed by atoms with Gasteiger partial charge in [-0.1, -0.05) is 12.8 Å². The average molecular weight is 435 g/mol. The second kappa shape index (κ2) is 8.37. The van der Waals surface area contributed by atoms with Crippen LogP contribution in [-0.4, -0.2) is 39.8 Å². The molecule has 3 fully saturated rings. The average Bonchev–Trinajstić information content (AvgIpc) is 3.44. The number of hydrogen-bond donors (Lipinski definition) is 2. The van der Waals surface area contributed by atoms with Crippen molar-refractivity contribution in [2.45, 2.75) is 57.8 Å². The molecule has 23 heavy (non-hydrogen) atoms. The second-order valence-electron chi connectivity index (χ2n) is 7.87. The molecule has 5 heteroatoms. The molecule has 0 radical (unpaired) electrons. The molecule has 3 saturated carbocycles. The quantitative estimate of drug-likeness (QED) is 0.348. The molecule has 0 heterocycles. The summed E-state index contributed by atoms with van der Waals surface area (Å²) in [5, 5.41) is 7.20. The highest BCUT2D eigenvalue weighted by Gasteiger charge is 2.53. The van der Waals surface area contributed by atoms with Crippen LogP contribution < -0.4 is 10.6 Å². The van der Waals surface area contributed by atoms with Gasteiger partial charge in [0.15, 0.2) is 5.96 Å². The van der Waals surface area contributed by atoms with Crippen LogP contribution in [0.2, 0.25) is 0 Å². The summed E-state index contributed by atoms with van der Waals surface area (Å²) in [4.78, 5) is 4.43. The normalized spacial score (nSPS) is 24.9. The molecule has 0 saturated heterocycles. The standard InChI is InChI=1S/C18H33N3O.HI/c1-19-16(21-14-18(9-10-18)15-5-6-15)20-13-17(11-12-22-2)7-3-4-8-17;/h15H,3-14H2,1-2H3,(H2,19,20,21);1H. The van der Waals surface area contributed by atoms with Crippen molar-refractivity contribution >= 4 is 29.9 Å². The fraction of sp³-hybridized carbons (Fsp3) is 0.944. The van der Waals surface area contributed by atoms with Crippen LogP contribution in [-0.2, 0) is 4.74 Å². The van der Waals surface area contributed by atoms with E-state index in [0.29, 0.717) is 10.8 Å². The van der Waals surface area contributed by atoms with Crippen molar-refractivity contribution in [2.75, 3.05) is 33.9 Å². The lowest BCUT2D eigenvalue weighted by Gasteiger charge is -2.30. The predicted molar refractivity (Wildman–Crippen MR) is 107 cm³/mol. The van der Waals surface area contributed by atoms with Crippen LogP contribution in [0.4, 0.5) is 0 Å². The third kappa shape index (κ3) is 4.97. The van der Waals surface area contributed by atoms with Crippen LogP contribution >= 0.6 is 24.0 Å². The Bertz CT molecular complexity index is 399. The van der Waals surface area contributed by atoms with E-state index in [4.69, 9.17) is 4.74 Å². The minimum Gasteiger partial charge on any atom is -0.385 e. The Morgan fingerprint density at radius 1 is 1.09 bits per heavy atom. The Morgan fingerprint density at radius 2 is 1.74 bits per heavy atom. The van der Waals surface area contributed by atoms with Gasteiger partial charge >= 0.3 is 0 Å². The molecule has 3 rings (SSSR count). The van der Waals surface area contributed by atoms with E-state index in [1.165, 1.54) is 57.8 Å². The van der Waals surface area contributed by atoms with Gasteiger partial charge in [-0.2, -0.15) is 0 Å². The van der Waals surface area contributed by atoms with Crippen LogP contribution in [0.15, 0.2) is 4.99 Å². The van der Waals surface area contributed by atoms with Gasteiger partial charge in [0, 0.05) is 33.9 Å². The Kier molecular flexibility index (Phi) is 7.01. The van der Waals surface area contributed by atoms with Gasteiger partial charge in [-0.25, -0.2) is 0 Å². The summed E-state index contributed by atoms with van der Waals surface area (Å²) < 4.78 is 5.32. The molecule has 0 bridgehead atoms. The molecule has 0 aromatic heterocycles. The van der Waals surface area contributed by atoms with Crippen molar-refractivity contribution in [3.05, 3.63) is 0 Å². The monoisotopic (exact) mass is 435 g/mol. The lowest BCUT2D eigenvalue weighted by atomic mass is 9.83. The number of nitrogens with one attached hydrogen (secondary N) is 2. The minimum atomic E-state index is 0. The Balaban J connectivity index is 0.00000192. The topological polar surface area (TPSA) is 45.7 Å². The summed E-state index contributed by atoms with van der Waals surface area (Å²) in [6.45, 7) is 3.02. The highest BCUT2D eigenvalue weighted by molar-refractivity contribution is 14.0. The maximum atomic E-state index is 5.32. The smallest absolute Gasteiger partial charge is 0.191 e. The van der Waals surface area contributed by atoms with Gasteiger partial charge < -0.3 is 15.4 Å². The summed E-state index contributed by atoms with van der Waals surface area (Å²) in [6.07, 6.45) is 12.3. The molecule has 134 valence electrons. The van der Waals surface area contributed by atoms with E-state index in [1.807, 2.05) is 14.2 Å². The van der Waals surface area contributed by atoms with Crippen LogP contribution in [0, 0.1) is 16.7 Å². The molecule has 4 nitrogen and oxygen atoms in total. The highest BCUT2D eigenvalue weighted by atomic mass is 127. The first-order valence-corrected chi connectivity index (χ1v) is 9.15. The molecule has 0 spiro atoms. The van der Waals surface area contributed by atoms with Gasteiger partial charge in [0.1, 0.15) is 0 Å². The molecule has 0 aromatic rings. The molecule has 3 aliphatic rings. The SMILES string of the molecule is CN=C(NCC1(CCOC)CCCC1)NCC1(C2CC2)CC1.I. The molecule has 0 amide bonds. The highest BCUT2D eigenvalue weighted by Crippen LogP contribution is 2.60. The Hall–Kier alpha value is -0.0400. The number of aliphatic imine (C=N–C) groups is 1. The van der Waals surface area contributed by atoms with Crippen molar-refractivity contribution in [3.63, 3.8) is 0 Å². The van der Waals surface area contributed by atoms with Crippen LogP contribution in [0.3, 0.4) is 0 Å². The first-order chi connectivity index (χ1) is 10.7. The summed E-state index contributed by atoms with van der Waals surface area (Å²) >= 11 is 0. The van der Waals surface area contributed by atoms with Gasteiger partial charge in [0.2, 0.25) is 0 Å². The fourth-order valence-electron chi connectivity index (χ4n) is 4.30. The number of methoxy groups -OCH3 is 1. The van der Waals surface area contributed by atoms with Crippen LogP contribution in [0.25, 0.3) is 0 Å². The largest absolute Gasteiger partial charge is 0.385 e. The number of hydrogen-bond acceptors (Lipinski definition) is 2. The first-order valence-electron chi connectivity index (χ1n) is 9.15. The fourth-order valence-corrected chi connectivity index (χ4v) is 4.30. The summed E-state index contributed by atoms with van der Waals surface area (Å²) in [5.74, 6) is 2.00. The molecule has 0 aliphatic heterocycles. The van der Waals surface area contributed by atoms with Crippen molar-refractivity contribution in [3.8, 4) is 0 Å². The van der Waals surface area contributed by atoms with Gasteiger partial charge in [0.05, 0.1) is 0 Å². The van der Waals surface area contributed by atoms with E-state index in [-0.39, 0.29) is 24.0 Å². The minimum absolute atomic E-state index is 0. The van der Waals surface area contributed by atoms with Crippen molar-refractivity contribution in [1.82, 2.24) is 10.6 Å². The van der Waals surface area contributed by atoms with Crippen molar-refractivity contribution < 1.29 is 4.74 Å². The Morgan fingerprint density at radius 3 is 2.26 bits per heavy atom. The van der Waals surface area contributed by atoms with Gasteiger partial charge in [0.25, 0.3) is 0 Å². The van der Waals surface area contributed by atoms with Crippen LogP contribution in [0.5, 0.6) is 0 Å². The van der Waals surface area contributed by atoms with E-state index in [0.717, 1.165) is 31.6 Å². The lowest BCUT2D eigenvalue weighted by Crippen LogP contribution is -2.45. The predicted octanol–water partition coefficient (Wildman–Crippen LogP) is 3.56. The molecule has 2 N–H and O–H groups in total. The Labute approximate surface area is 158 Å². The third-order valence-electron chi connectivity index (χ3n) is 6.30. The molecule has 3 aliphatic carbocycles. The number of halogens is 1. The van der Waals surface area contributed by atoms with Gasteiger partial charge in [-0.3, -0.25) is 4.99 Å². The van der Waals surface area contributed by atoms with Crippen molar-refractivity contribution in [2.24, 2.45) is 21.7 Å². The molecule has 0 unspecified atom stereocenters. The number of rotatable bonds is 8. The zero-order chi connectivity index (χ0) is 15.5. The summed E-state index contributed by atoms with van der Waals surface area (Å²) in [5.41, 5.74) is 1.04. The van der Waals surface area contributed by atoms with Crippen LogP contribution in [0.1, 0.15) is 57.8 Å². The second-order valence-corrected chi connectivity index (χ2v) is 7.87. The zero-order valence-corrected chi connectivity index (χ0v) is 17.2. The molecular formula is C18H34IN3O. The number of guanidine groups is 1. The van der Waals surface area contributed by atoms with Gasteiger partial charge in [-0.05, 0) is 61.7 Å².